The fourth-order valence-corrected chi connectivity index (χ4v) is 2.83. The Hall–Kier alpha value is -0.180. The summed E-state index contributed by atoms with van der Waals surface area (Å²) in [6, 6.07) is 1.15. The monoisotopic (exact) mass is 199 g/mol. The summed E-state index contributed by atoms with van der Waals surface area (Å²) < 4.78 is 0. The fraction of sp³-hybridized carbons (Fsp3) is 0.900. The Balaban J connectivity index is 1.97. The molecule has 0 aromatic rings. The van der Waals surface area contributed by atoms with Gasteiger partial charge in [-0.3, -0.25) is 4.79 Å². The summed E-state index contributed by atoms with van der Waals surface area (Å²) in [6.07, 6.45) is 5.54. The molecule has 2 saturated heterocycles. The van der Waals surface area contributed by atoms with Crippen LogP contribution in [0.3, 0.4) is 0 Å². The Kier molecular flexibility index (Phi) is 2.54. The zero-order valence-electron chi connectivity index (χ0n) is 8.07. The van der Waals surface area contributed by atoms with Gasteiger partial charge in [-0.15, -0.1) is 0 Å². The van der Waals surface area contributed by atoms with Gasteiger partial charge in [-0.2, -0.15) is 12.6 Å². The summed E-state index contributed by atoms with van der Waals surface area (Å²) in [4.78, 5) is 13.9. The normalized spacial score (nSPS) is 33.8. The Morgan fingerprint density at radius 3 is 2.23 bits per heavy atom. The maximum absolute atomic E-state index is 11.8. The van der Waals surface area contributed by atoms with Crippen LogP contribution in [-0.4, -0.2) is 28.1 Å². The van der Waals surface area contributed by atoms with Crippen molar-refractivity contribution in [1.29, 1.82) is 0 Å². The highest BCUT2D eigenvalue weighted by Crippen LogP contribution is 2.37. The van der Waals surface area contributed by atoms with Gasteiger partial charge < -0.3 is 4.90 Å². The van der Waals surface area contributed by atoms with E-state index in [2.05, 4.69) is 17.5 Å². The van der Waals surface area contributed by atoms with E-state index in [9.17, 15) is 4.79 Å². The highest BCUT2D eigenvalue weighted by Gasteiger charge is 2.41. The van der Waals surface area contributed by atoms with Gasteiger partial charge in [-0.25, -0.2) is 0 Å². The van der Waals surface area contributed by atoms with Gasteiger partial charge in [0, 0.05) is 23.8 Å². The third-order valence-electron chi connectivity index (χ3n) is 3.21. The van der Waals surface area contributed by atoms with Crippen molar-refractivity contribution in [2.75, 3.05) is 0 Å². The van der Waals surface area contributed by atoms with E-state index in [4.69, 9.17) is 0 Å². The molecule has 74 valence electrons. The summed E-state index contributed by atoms with van der Waals surface area (Å²) in [5.41, 5.74) is 0. The van der Waals surface area contributed by atoms with Gasteiger partial charge >= 0.3 is 0 Å². The smallest absolute Gasteiger partial charge is 0.224 e. The van der Waals surface area contributed by atoms with Crippen LogP contribution in [-0.2, 0) is 4.79 Å². The summed E-state index contributed by atoms with van der Waals surface area (Å²) in [5, 5.41) is 0.201. The molecule has 13 heavy (non-hydrogen) atoms. The first-order valence-electron chi connectivity index (χ1n) is 5.17. The highest BCUT2D eigenvalue weighted by atomic mass is 32.1. The van der Waals surface area contributed by atoms with Crippen molar-refractivity contribution in [3.05, 3.63) is 0 Å². The first-order valence-corrected chi connectivity index (χ1v) is 5.69. The minimum atomic E-state index is 0.201. The Morgan fingerprint density at radius 1 is 1.38 bits per heavy atom. The molecule has 2 nitrogen and oxygen atoms in total. The van der Waals surface area contributed by atoms with Gasteiger partial charge in [0.15, 0.2) is 0 Å². The van der Waals surface area contributed by atoms with E-state index in [1.807, 2.05) is 6.92 Å². The minimum Gasteiger partial charge on any atom is -0.337 e. The molecule has 0 saturated carbocycles. The molecule has 3 heteroatoms. The summed E-state index contributed by atoms with van der Waals surface area (Å²) >= 11 is 4.26. The molecule has 1 unspecified atom stereocenters. The fourth-order valence-electron chi connectivity index (χ4n) is 2.68. The van der Waals surface area contributed by atoms with E-state index in [1.165, 1.54) is 25.7 Å². The third-order valence-corrected chi connectivity index (χ3v) is 3.39. The zero-order valence-corrected chi connectivity index (χ0v) is 8.96. The van der Waals surface area contributed by atoms with Crippen LogP contribution in [0.4, 0.5) is 0 Å². The number of fused-ring (bicyclic) bond motifs is 2. The van der Waals surface area contributed by atoms with Crippen molar-refractivity contribution in [2.45, 2.75) is 56.4 Å². The van der Waals surface area contributed by atoms with Crippen molar-refractivity contribution in [2.24, 2.45) is 0 Å². The van der Waals surface area contributed by atoms with Crippen molar-refractivity contribution < 1.29 is 4.79 Å². The average Bonchev–Trinajstić information content (AvgIpc) is 2.60. The average molecular weight is 199 g/mol. The van der Waals surface area contributed by atoms with Crippen LogP contribution in [0, 0.1) is 0 Å². The molecule has 2 aliphatic rings. The largest absolute Gasteiger partial charge is 0.337 e. The third kappa shape index (κ3) is 1.71. The molecular formula is C10H17NOS. The van der Waals surface area contributed by atoms with E-state index >= 15 is 0 Å². The lowest BCUT2D eigenvalue weighted by Crippen LogP contribution is -2.36. The van der Waals surface area contributed by atoms with Crippen LogP contribution in [0.15, 0.2) is 0 Å². The van der Waals surface area contributed by atoms with E-state index < -0.39 is 0 Å². The first-order chi connectivity index (χ1) is 6.18. The van der Waals surface area contributed by atoms with Gasteiger partial charge in [0.1, 0.15) is 0 Å². The highest BCUT2D eigenvalue weighted by molar-refractivity contribution is 7.80. The topological polar surface area (TPSA) is 20.3 Å². The number of hydrogen-bond acceptors (Lipinski definition) is 2. The number of rotatable bonds is 2. The zero-order chi connectivity index (χ0) is 9.42. The number of carbonyl (C=O) groups excluding carboxylic acids is 1. The number of carbonyl (C=O) groups is 1. The van der Waals surface area contributed by atoms with Crippen LogP contribution in [0.25, 0.3) is 0 Å². The molecule has 0 aliphatic carbocycles. The van der Waals surface area contributed by atoms with E-state index in [1.54, 1.807) is 0 Å². The van der Waals surface area contributed by atoms with Gasteiger partial charge in [0.2, 0.25) is 5.91 Å². The number of nitrogens with zero attached hydrogens (tertiary/aromatic N) is 1. The lowest BCUT2D eigenvalue weighted by Gasteiger charge is -2.22. The standard InChI is InChI=1S/C10H17NOS/c1-7(13)6-10(12)11-8-2-3-9(11)5-4-8/h7-9,13H,2-6H2,1H3. The van der Waals surface area contributed by atoms with E-state index in [0.717, 1.165) is 0 Å². The van der Waals surface area contributed by atoms with E-state index in [0.29, 0.717) is 24.4 Å². The molecular weight excluding hydrogens is 182 g/mol. The number of hydrogen-bond donors (Lipinski definition) is 1. The second kappa shape index (κ2) is 3.52. The van der Waals surface area contributed by atoms with Gasteiger partial charge in [-0.05, 0) is 25.7 Å². The maximum Gasteiger partial charge on any atom is 0.224 e. The molecule has 2 bridgehead atoms. The second-order valence-corrected chi connectivity index (χ2v) is 5.20. The van der Waals surface area contributed by atoms with Crippen molar-refractivity contribution in [3.63, 3.8) is 0 Å². The Bertz CT molecular complexity index is 197. The van der Waals surface area contributed by atoms with Crippen LogP contribution in [0.2, 0.25) is 0 Å². The SMILES string of the molecule is CC(S)CC(=O)N1C2CCC1CC2. The van der Waals surface area contributed by atoms with Crippen LogP contribution < -0.4 is 0 Å². The van der Waals surface area contributed by atoms with Crippen molar-refractivity contribution in [1.82, 2.24) is 4.90 Å². The Morgan fingerprint density at radius 2 is 1.85 bits per heavy atom. The molecule has 0 spiro atoms. The predicted molar refractivity (Wildman–Crippen MR) is 56.0 cm³/mol. The molecule has 0 aromatic carbocycles. The summed E-state index contributed by atoms with van der Waals surface area (Å²) in [5.74, 6) is 0.326. The Labute approximate surface area is 85.1 Å². The molecule has 1 amide bonds. The molecule has 0 N–H and O–H groups in total. The van der Waals surface area contributed by atoms with Crippen LogP contribution in [0.5, 0.6) is 0 Å². The van der Waals surface area contributed by atoms with Gasteiger partial charge in [0.25, 0.3) is 0 Å². The van der Waals surface area contributed by atoms with Gasteiger partial charge in [0.05, 0.1) is 0 Å². The quantitative estimate of drug-likeness (QED) is 0.673. The van der Waals surface area contributed by atoms with Gasteiger partial charge in [-0.1, -0.05) is 6.92 Å². The second-order valence-electron chi connectivity index (χ2n) is 4.32. The summed E-state index contributed by atoms with van der Waals surface area (Å²) in [6.45, 7) is 1.99. The molecule has 0 aromatic heterocycles. The molecule has 2 fully saturated rings. The van der Waals surface area contributed by atoms with Crippen LogP contribution in [0.1, 0.15) is 39.0 Å². The van der Waals surface area contributed by atoms with Crippen molar-refractivity contribution in [3.8, 4) is 0 Å². The van der Waals surface area contributed by atoms with Crippen LogP contribution >= 0.6 is 12.6 Å². The molecule has 0 radical (unpaired) electrons. The molecule has 2 heterocycles. The first kappa shape index (κ1) is 9.38. The molecule has 1 atom stereocenters. The maximum atomic E-state index is 11.8. The number of amides is 1. The molecule has 2 rings (SSSR count). The predicted octanol–water partition coefficient (Wildman–Crippen LogP) is 1.85. The number of thiol groups is 1. The summed E-state index contributed by atoms with van der Waals surface area (Å²) in [7, 11) is 0. The lowest BCUT2D eigenvalue weighted by atomic mass is 10.0. The lowest BCUT2D eigenvalue weighted by molar-refractivity contribution is -0.132. The van der Waals surface area contributed by atoms with E-state index in [-0.39, 0.29) is 5.25 Å². The minimum absolute atomic E-state index is 0.201. The molecule has 2 aliphatic heterocycles. The van der Waals surface area contributed by atoms with Crippen molar-refractivity contribution >= 4 is 18.5 Å².